The maximum atomic E-state index is 5.96. The van der Waals surface area contributed by atoms with Crippen molar-refractivity contribution in [3.63, 3.8) is 0 Å². The molecule has 0 aliphatic rings. The van der Waals surface area contributed by atoms with Crippen LogP contribution in [0.15, 0.2) is 28.1 Å². The smallest absolute Gasteiger partial charge is 0.0931 e. The van der Waals surface area contributed by atoms with Crippen molar-refractivity contribution in [2.45, 2.75) is 19.4 Å². The Labute approximate surface area is 123 Å². The second kappa shape index (κ2) is 6.34. The normalized spacial score (nSPS) is 12.9. The lowest BCUT2D eigenvalue weighted by Crippen LogP contribution is -2.21. The van der Waals surface area contributed by atoms with E-state index in [0.29, 0.717) is 6.04 Å². The molecular formula is C12H13BrClNS2. The van der Waals surface area contributed by atoms with Crippen LogP contribution in [0.2, 0.25) is 4.34 Å². The Morgan fingerprint density at radius 2 is 2.12 bits per heavy atom. The Kier molecular flexibility index (Phi) is 5.06. The van der Waals surface area contributed by atoms with E-state index in [0.717, 1.165) is 17.3 Å². The summed E-state index contributed by atoms with van der Waals surface area (Å²) in [4.78, 5) is 2.69. The Hall–Kier alpha value is 0.130. The number of thiophene rings is 2. The third-order valence-electron chi connectivity index (χ3n) is 2.42. The molecule has 0 aliphatic heterocycles. The number of likely N-dealkylation sites (N-methyl/N-ethyl adjacent to an activating group) is 1. The van der Waals surface area contributed by atoms with Gasteiger partial charge in [0.15, 0.2) is 0 Å². The molecule has 2 rings (SSSR count). The molecule has 0 saturated carbocycles. The zero-order valence-electron chi connectivity index (χ0n) is 9.37. The Balaban J connectivity index is 2.12. The summed E-state index contributed by atoms with van der Waals surface area (Å²) in [5.74, 6) is 0. The quantitative estimate of drug-likeness (QED) is 0.789. The van der Waals surface area contributed by atoms with Crippen LogP contribution in [-0.2, 0) is 6.42 Å². The van der Waals surface area contributed by atoms with Crippen LogP contribution in [0.25, 0.3) is 0 Å². The van der Waals surface area contributed by atoms with Gasteiger partial charge in [0, 0.05) is 22.2 Å². The maximum Gasteiger partial charge on any atom is 0.0931 e. The Morgan fingerprint density at radius 3 is 2.65 bits per heavy atom. The van der Waals surface area contributed by atoms with E-state index in [9.17, 15) is 0 Å². The summed E-state index contributed by atoms with van der Waals surface area (Å²) < 4.78 is 2.04. The van der Waals surface area contributed by atoms with E-state index in [4.69, 9.17) is 11.6 Å². The minimum absolute atomic E-state index is 0.381. The largest absolute Gasteiger partial charge is 0.309 e. The van der Waals surface area contributed by atoms with Crippen molar-refractivity contribution in [1.82, 2.24) is 5.32 Å². The van der Waals surface area contributed by atoms with Gasteiger partial charge in [-0.1, -0.05) is 18.5 Å². The molecule has 5 heteroatoms. The lowest BCUT2D eigenvalue weighted by atomic mass is 10.1. The van der Waals surface area contributed by atoms with Crippen LogP contribution < -0.4 is 5.32 Å². The van der Waals surface area contributed by atoms with Crippen LogP contribution >= 0.6 is 50.2 Å². The summed E-state index contributed by atoms with van der Waals surface area (Å²) in [6.45, 7) is 3.11. The van der Waals surface area contributed by atoms with Gasteiger partial charge in [0.25, 0.3) is 0 Å². The third-order valence-corrected chi connectivity index (χ3v) is 5.41. The van der Waals surface area contributed by atoms with Gasteiger partial charge in [-0.25, -0.2) is 0 Å². The molecule has 0 amide bonds. The van der Waals surface area contributed by atoms with Gasteiger partial charge in [-0.2, -0.15) is 0 Å². The highest BCUT2D eigenvalue weighted by Crippen LogP contribution is 2.31. The average molecular weight is 351 g/mol. The summed E-state index contributed by atoms with van der Waals surface area (Å²) in [5, 5.41) is 3.52. The minimum atomic E-state index is 0.381. The van der Waals surface area contributed by atoms with Crippen molar-refractivity contribution >= 4 is 50.2 Å². The summed E-state index contributed by atoms with van der Waals surface area (Å²) in [6, 6.07) is 8.74. The molecule has 2 aromatic heterocycles. The van der Waals surface area contributed by atoms with Crippen LogP contribution in [0.1, 0.15) is 22.7 Å². The second-order valence-corrected chi connectivity index (χ2v) is 7.96. The lowest BCUT2D eigenvalue weighted by molar-refractivity contribution is 0.562. The van der Waals surface area contributed by atoms with Gasteiger partial charge in [-0.3, -0.25) is 0 Å². The highest BCUT2D eigenvalue weighted by Gasteiger charge is 2.14. The van der Waals surface area contributed by atoms with Crippen molar-refractivity contribution in [1.29, 1.82) is 0 Å². The SMILES string of the molecule is CCNC(Cc1ccc(Cl)s1)c1ccc(Br)s1. The number of rotatable bonds is 5. The molecule has 0 aliphatic carbocycles. The van der Waals surface area contributed by atoms with Crippen molar-refractivity contribution in [3.05, 3.63) is 42.1 Å². The number of halogens is 2. The highest BCUT2D eigenvalue weighted by molar-refractivity contribution is 9.11. The standard InChI is InChI=1S/C12H13BrClNS2/c1-2-15-9(10-4-5-11(13)17-10)7-8-3-6-12(14)16-8/h3-6,9,15H,2,7H2,1H3. The average Bonchev–Trinajstić information content (AvgIpc) is 2.87. The Bertz CT molecular complexity index is 480. The molecule has 0 saturated heterocycles. The van der Waals surface area contributed by atoms with Crippen molar-refractivity contribution in [2.24, 2.45) is 0 Å². The first-order valence-corrected chi connectivity index (χ1v) is 8.22. The zero-order chi connectivity index (χ0) is 12.3. The van der Waals surface area contributed by atoms with Gasteiger partial charge in [0.2, 0.25) is 0 Å². The van der Waals surface area contributed by atoms with E-state index in [1.165, 1.54) is 13.5 Å². The zero-order valence-corrected chi connectivity index (χ0v) is 13.3. The van der Waals surface area contributed by atoms with E-state index in [1.54, 1.807) is 22.7 Å². The molecule has 2 aromatic rings. The Morgan fingerprint density at radius 1 is 1.29 bits per heavy atom. The monoisotopic (exact) mass is 349 g/mol. The van der Waals surface area contributed by atoms with Crippen LogP contribution in [0.3, 0.4) is 0 Å². The van der Waals surface area contributed by atoms with E-state index in [1.807, 2.05) is 6.07 Å². The van der Waals surface area contributed by atoms with Gasteiger partial charge >= 0.3 is 0 Å². The number of hydrogen-bond acceptors (Lipinski definition) is 3. The van der Waals surface area contributed by atoms with Crippen molar-refractivity contribution < 1.29 is 0 Å². The summed E-state index contributed by atoms with van der Waals surface area (Å²) in [6.07, 6.45) is 0.998. The molecule has 1 nitrogen and oxygen atoms in total. The maximum absolute atomic E-state index is 5.96. The number of nitrogens with one attached hydrogen (secondary N) is 1. The van der Waals surface area contributed by atoms with Gasteiger partial charge in [-0.05, 0) is 46.7 Å². The molecular weight excluding hydrogens is 338 g/mol. The van der Waals surface area contributed by atoms with Crippen LogP contribution in [0, 0.1) is 0 Å². The molecule has 92 valence electrons. The summed E-state index contributed by atoms with van der Waals surface area (Å²) in [7, 11) is 0. The third kappa shape index (κ3) is 3.80. The first-order chi connectivity index (χ1) is 8.19. The van der Waals surface area contributed by atoms with E-state index < -0.39 is 0 Å². The van der Waals surface area contributed by atoms with Crippen LogP contribution in [-0.4, -0.2) is 6.54 Å². The highest BCUT2D eigenvalue weighted by atomic mass is 79.9. The predicted molar refractivity (Wildman–Crippen MR) is 81.5 cm³/mol. The molecule has 2 heterocycles. The van der Waals surface area contributed by atoms with Crippen LogP contribution in [0.5, 0.6) is 0 Å². The molecule has 0 fully saturated rings. The van der Waals surface area contributed by atoms with Gasteiger partial charge < -0.3 is 5.32 Å². The van der Waals surface area contributed by atoms with Crippen molar-refractivity contribution in [3.8, 4) is 0 Å². The molecule has 0 aromatic carbocycles. The van der Waals surface area contributed by atoms with Crippen molar-refractivity contribution in [2.75, 3.05) is 6.54 Å². The first kappa shape index (κ1) is 13.6. The summed E-state index contributed by atoms with van der Waals surface area (Å²) in [5.41, 5.74) is 0. The van der Waals surface area contributed by atoms with E-state index in [-0.39, 0.29) is 0 Å². The van der Waals surface area contributed by atoms with E-state index in [2.05, 4.69) is 46.4 Å². The van der Waals surface area contributed by atoms with Crippen LogP contribution in [0.4, 0.5) is 0 Å². The molecule has 0 bridgehead atoms. The molecule has 1 N–H and O–H groups in total. The first-order valence-electron chi connectivity index (χ1n) is 5.42. The lowest BCUT2D eigenvalue weighted by Gasteiger charge is -2.15. The molecule has 1 atom stereocenters. The van der Waals surface area contributed by atoms with Gasteiger partial charge in [0.05, 0.1) is 8.12 Å². The van der Waals surface area contributed by atoms with Gasteiger partial charge in [0.1, 0.15) is 0 Å². The number of hydrogen-bond donors (Lipinski definition) is 1. The molecule has 17 heavy (non-hydrogen) atoms. The fourth-order valence-corrected chi connectivity index (χ4v) is 4.33. The summed E-state index contributed by atoms with van der Waals surface area (Å²) >= 11 is 12.9. The minimum Gasteiger partial charge on any atom is -0.309 e. The van der Waals surface area contributed by atoms with Gasteiger partial charge in [-0.15, -0.1) is 22.7 Å². The fraction of sp³-hybridized carbons (Fsp3) is 0.333. The second-order valence-electron chi connectivity index (χ2n) is 3.66. The topological polar surface area (TPSA) is 12.0 Å². The molecule has 1 unspecified atom stereocenters. The van der Waals surface area contributed by atoms with E-state index >= 15 is 0 Å². The fourth-order valence-electron chi connectivity index (χ4n) is 1.70. The molecule has 0 radical (unpaired) electrons. The predicted octanol–water partition coefficient (Wildman–Crippen LogP) is 5.12. The molecule has 0 spiro atoms.